The molecule has 0 radical (unpaired) electrons. The van der Waals surface area contributed by atoms with Crippen LogP contribution in [0.3, 0.4) is 0 Å². The third kappa shape index (κ3) is 6.11. The first-order valence-electron chi connectivity index (χ1n) is 8.05. The van der Waals surface area contributed by atoms with Crippen molar-refractivity contribution in [3.05, 3.63) is 29.3 Å². The van der Waals surface area contributed by atoms with Crippen molar-refractivity contribution in [3.8, 4) is 0 Å². The van der Waals surface area contributed by atoms with E-state index in [1.165, 1.54) is 29.8 Å². The van der Waals surface area contributed by atoms with E-state index in [0.717, 1.165) is 0 Å². The van der Waals surface area contributed by atoms with Gasteiger partial charge in [0.15, 0.2) is 6.29 Å². The highest BCUT2D eigenvalue weighted by Gasteiger charge is 2.25. The second-order valence-corrected chi connectivity index (χ2v) is 6.68. The molecule has 0 saturated carbocycles. The molecule has 140 valence electrons. The van der Waals surface area contributed by atoms with Gasteiger partial charge in [-0.1, -0.05) is 12.1 Å². The van der Waals surface area contributed by atoms with Crippen LogP contribution in [0.2, 0.25) is 0 Å². The summed E-state index contributed by atoms with van der Waals surface area (Å²) in [5.41, 5.74) is 0.383. The molecule has 1 N–H and O–H groups in total. The molecule has 1 amide bonds. The van der Waals surface area contributed by atoms with Crippen LogP contribution in [0.5, 0.6) is 0 Å². The first kappa shape index (κ1) is 21.6. The van der Waals surface area contributed by atoms with Gasteiger partial charge in [0.2, 0.25) is 0 Å². The van der Waals surface area contributed by atoms with Crippen molar-refractivity contribution < 1.29 is 29.1 Å². The minimum Gasteiger partial charge on any atom is -0.481 e. The number of likely N-dealkylation sites (N-methyl/N-ethyl adjacent to an activating group) is 1. The minimum absolute atomic E-state index is 0.0163. The standard InChI is InChI=1S/C18H21NO6S/c1-19(14(12-22)6-3-9-20)18(25)17-13(11-21)5-2-7-15(17)26-10-4-8-16(23)24/h2,5,7,9,11-12,14H,3-4,6,8,10H2,1H3,(H,23,24). The van der Waals surface area contributed by atoms with Gasteiger partial charge in [-0.05, 0) is 24.7 Å². The number of thioether (sulfide) groups is 1. The minimum atomic E-state index is -0.896. The fourth-order valence-electron chi connectivity index (χ4n) is 2.32. The highest BCUT2D eigenvalue weighted by atomic mass is 32.2. The maximum absolute atomic E-state index is 12.9. The van der Waals surface area contributed by atoms with Crippen LogP contribution in [0, 0.1) is 0 Å². The zero-order valence-electron chi connectivity index (χ0n) is 14.4. The summed E-state index contributed by atoms with van der Waals surface area (Å²) in [6, 6.07) is 4.07. The number of rotatable bonds is 12. The number of carboxylic acids is 1. The molecule has 0 aliphatic heterocycles. The van der Waals surface area contributed by atoms with Crippen molar-refractivity contribution >= 4 is 42.5 Å². The SMILES string of the molecule is CN(C(=O)c1c(C=O)cccc1SCCCC(=O)O)C(C=O)CCC=O. The third-order valence-electron chi connectivity index (χ3n) is 3.75. The predicted molar refractivity (Wildman–Crippen MR) is 96.7 cm³/mol. The van der Waals surface area contributed by atoms with Crippen molar-refractivity contribution in [2.45, 2.75) is 36.6 Å². The lowest BCUT2D eigenvalue weighted by Crippen LogP contribution is -2.39. The van der Waals surface area contributed by atoms with Crippen LogP contribution in [0.4, 0.5) is 0 Å². The van der Waals surface area contributed by atoms with E-state index in [0.29, 0.717) is 35.9 Å². The van der Waals surface area contributed by atoms with Gasteiger partial charge < -0.3 is 19.6 Å². The molecule has 0 saturated heterocycles. The molecule has 0 aromatic heterocycles. The topological polar surface area (TPSA) is 109 Å². The Morgan fingerprint density at radius 2 is 2.00 bits per heavy atom. The van der Waals surface area contributed by atoms with Gasteiger partial charge in [-0.25, -0.2) is 0 Å². The lowest BCUT2D eigenvalue weighted by atomic mass is 10.1. The van der Waals surface area contributed by atoms with Crippen LogP contribution in [0.25, 0.3) is 0 Å². The lowest BCUT2D eigenvalue weighted by Gasteiger charge is -2.25. The largest absolute Gasteiger partial charge is 0.481 e. The first-order valence-corrected chi connectivity index (χ1v) is 9.03. The van der Waals surface area contributed by atoms with Crippen LogP contribution in [0.15, 0.2) is 23.1 Å². The molecule has 1 unspecified atom stereocenters. The van der Waals surface area contributed by atoms with Crippen LogP contribution in [-0.4, -0.2) is 59.6 Å². The molecule has 0 fully saturated rings. The van der Waals surface area contributed by atoms with E-state index in [1.54, 1.807) is 12.1 Å². The van der Waals surface area contributed by atoms with Gasteiger partial charge in [0.05, 0.1) is 11.6 Å². The Morgan fingerprint density at radius 1 is 1.27 bits per heavy atom. The van der Waals surface area contributed by atoms with Crippen LogP contribution < -0.4 is 0 Å². The number of nitrogens with zero attached hydrogens (tertiary/aromatic N) is 1. The number of carbonyl (C=O) groups excluding carboxylic acids is 4. The summed E-state index contributed by atoms with van der Waals surface area (Å²) in [4.78, 5) is 58.4. The Labute approximate surface area is 155 Å². The highest BCUT2D eigenvalue weighted by Crippen LogP contribution is 2.27. The molecule has 0 spiro atoms. The number of carboxylic acid groups (broad SMARTS) is 1. The molecule has 26 heavy (non-hydrogen) atoms. The van der Waals surface area contributed by atoms with Crippen molar-refractivity contribution in [2.24, 2.45) is 0 Å². The van der Waals surface area contributed by atoms with E-state index in [9.17, 15) is 24.0 Å². The normalized spacial score (nSPS) is 11.4. The average molecular weight is 379 g/mol. The number of amides is 1. The van der Waals surface area contributed by atoms with Crippen LogP contribution in [0.1, 0.15) is 46.4 Å². The van der Waals surface area contributed by atoms with Gasteiger partial charge in [-0.15, -0.1) is 11.8 Å². The molecule has 1 aromatic rings. The van der Waals surface area contributed by atoms with Gasteiger partial charge in [0, 0.05) is 30.3 Å². The molecule has 0 aliphatic carbocycles. The van der Waals surface area contributed by atoms with E-state index < -0.39 is 17.9 Å². The van der Waals surface area contributed by atoms with E-state index in [2.05, 4.69) is 0 Å². The third-order valence-corrected chi connectivity index (χ3v) is 4.89. The van der Waals surface area contributed by atoms with Gasteiger partial charge in [-0.3, -0.25) is 14.4 Å². The highest BCUT2D eigenvalue weighted by molar-refractivity contribution is 7.99. The van der Waals surface area contributed by atoms with Crippen molar-refractivity contribution in [3.63, 3.8) is 0 Å². The van der Waals surface area contributed by atoms with Crippen LogP contribution in [-0.2, 0) is 14.4 Å². The second-order valence-electron chi connectivity index (χ2n) is 5.55. The molecule has 0 aliphatic rings. The number of hydrogen-bond acceptors (Lipinski definition) is 6. The van der Waals surface area contributed by atoms with Crippen LogP contribution >= 0.6 is 11.8 Å². The van der Waals surface area contributed by atoms with Crippen molar-refractivity contribution in [1.82, 2.24) is 4.90 Å². The molecule has 1 rings (SSSR count). The number of hydrogen-bond donors (Lipinski definition) is 1. The fraction of sp³-hybridized carbons (Fsp3) is 0.389. The van der Waals surface area contributed by atoms with E-state index in [4.69, 9.17) is 5.11 Å². The fourth-order valence-corrected chi connectivity index (χ4v) is 3.35. The lowest BCUT2D eigenvalue weighted by molar-refractivity contribution is -0.137. The van der Waals surface area contributed by atoms with Gasteiger partial charge >= 0.3 is 5.97 Å². The zero-order chi connectivity index (χ0) is 19.5. The monoisotopic (exact) mass is 379 g/mol. The summed E-state index contributed by atoms with van der Waals surface area (Å²) in [5.74, 6) is -0.912. The smallest absolute Gasteiger partial charge is 0.303 e. The molecule has 0 heterocycles. The maximum Gasteiger partial charge on any atom is 0.303 e. The van der Waals surface area contributed by atoms with E-state index in [-0.39, 0.29) is 30.4 Å². The summed E-state index contributed by atoms with van der Waals surface area (Å²) in [6.07, 6.45) is 2.65. The average Bonchev–Trinajstić information content (AvgIpc) is 2.64. The Bertz CT molecular complexity index is 676. The molecule has 8 heteroatoms. The number of benzene rings is 1. The molecular formula is C18H21NO6S. The quantitative estimate of drug-likeness (QED) is 0.336. The second kappa shape index (κ2) is 11.2. The van der Waals surface area contributed by atoms with Crippen molar-refractivity contribution in [1.29, 1.82) is 0 Å². The summed E-state index contributed by atoms with van der Waals surface area (Å²) in [5, 5.41) is 8.69. The molecular weight excluding hydrogens is 358 g/mol. The molecule has 1 atom stereocenters. The summed E-state index contributed by atoms with van der Waals surface area (Å²) in [7, 11) is 1.45. The van der Waals surface area contributed by atoms with Gasteiger partial charge in [0.25, 0.3) is 5.91 Å². The summed E-state index contributed by atoms with van der Waals surface area (Å²) < 4.78 is 0. The Morgan fingerprint density at radius 3 is 2.58 bits per heavy atom. The maximum atomic E-state index is 12.9. The Balaban J connectivity index is 3.04. The molecule has 0 bridgehead atoms. The zero-order valence-corrected chi connectivity index (χ0v) is 15.2. The first-order chi connectivity index (χ1) is 12.5. The Kier molecular flexibility index (Phi) is 9.29. The Hall–Kier alpha value is -2.48. The number of aldehydes is 3. The molecule has 7 nitrogen and oxygen atoms in total. The van der Waals surface area contributed by atoms with E-state index >= 15 is 0 Å². The summed E-state index contributed by atoms with van der Waals surface area (Å²) in [6.45, 7) is 0. The van der Waals surface area contributed by atoms with Crippen molar-refractivity contribution in [2.75, 3.05) is 12.8 Å². The number of aliphatic carboxylic acids is 1. The van der Waals surface area contributed by atoms with Gasteiger partial charge in [0.1, 0.15) is 12.6 Å². The van der Waals surface area contributed by atoms with E-state index in [1.807, 2.05) is 0 Å². The summed E-state index contributed by atoms with van der Waals surface area (Å²) >= 11 is 1.29. The number of carbonyl (C=O) groups is 5. The van der Waals surface area contributed by atoms with Gasteiger partial charge in [-0.2, -0.15) is 0 Å². The predicted octanol–water partition coefficient (Wildman–Crippen LogP) is 2.07. The molecule has 1 aromatic carbocycles.